The molecule has 2 N–H and O–H groups in total. The molecular formula is C13H15ClN2O5. The number of ether oxygens (including phenoxy) is 1. The number of nitro groups is 1. The lowest BCUT2D eigenvalue weighted by atomic mass is 10.0. The number of nitrogens with one attached hydrogen (secondary N) is 1. The van der Waals surface area contributed by atoms with Gasteiger partial charge in [-0.05, 0) is 19.8 Å². The molecule has 21 heavy (non-hydrogen) atoms. The number of anilines is 1. The normalized spacial score (nSPS) is 21.8. The summed E-state index contributed by atoms with van der Waals surface area (Å²) in [5.41, 5.74) is -0.328. The molecular weight excluding hydrogens is 300 g/mol. The number of nitrogens with zero attached hydrogens (tertiary/aromatic N) is 1. The SMILES string of the molecule is CC1CC(Nc2c(Cl)cc([N+](=O)[O-])cc2C(=O)O)CCO1. The first-order valence-electron chi connectivity index (χ1n) is 6.48. The van der Waals surface area contributed by atoms with Crippen molar-refractivity contribution in [2.75, 3.05) is 11.9 Å². The molecule has 0 amide bonds. The molecule has 1 saturated heterocycles. The van der Waals surface area contributed by atoms with Gasteiger partial charge in [-0.25, -0.2) is 4.79 Å². The molecule has 1 aliphatic heterocycles. The van der Waals surface area contributed by atoms with Crippen molar-refractivity contribution in [3.05, 3.63) is 32.8 Å². The van der Waals surface area contributed by atoms with E-state index in [1.165, 1.54) is 0 Å². The Morgan fingerprint density at radius 1 is 1.57 bits per heavy atom. The van der Waals surface area contributed by atoms with E-state index in [4.69, 9.17) is 16.3 Å². The minimum absolute atomic E-state index is 0.0193. The minimum Gasteiger partial charge on any atom is -0.478 e. The molecule has 0 bridgehead atoms. The van der Waals surface area contributed by atoms with Crippen LogP contribution in [0.4, 0.5) is 11.4 Å². The molecule has 7 nitrogen and oxygen atoms in total. The van der Waals surface area contributed by atoms with Crippen LogP contribution in [-0.4, -0.2) is 34.8 Å². The zero-order chi connectivity index (χ0) is 15.6. The zero-order valence-electron chi connectivity index (χ0n) is 11.3. The third kappa shape index (κ3) is 3.62. The topological polar surface area (TPSA) is 102 Å². The summed E-state index contributed by atoms with van der Waals surface area (Å²) >= 11 is 6.02. The van der Waals surface area contributed by atoms with Crippen molar-refractivity contribution in [1.29, 1.82) is 0 Å². The van der Waals surface area contributed by atoms with Crippen LogP contribution in [0.5, 0.6) is 0 Å². The summed E-state index contributed by atoms with van der Waals surface area (Å²) in [6.45, 7) is 2.51. The fourth-order valence-electron chi connectivity index (χ4n) is 2.35. The third-order valence-corrected chi connectivity index (χ3v) is 3.65. The fourth-order valence-corrected chi connectivity index (χ4v) is 2.61. The van der Waals surface area contributed by atoms with Gasteiger partial charge in [0, 0.05) is 24.8 Å². The van der Waals surface area contributed by atoms with Crippen LogP contribution in [0.25, 0.3) is 0 Å². The molecule has 2 atom stereocenters. The van der Waals surface area contributed by atoms with Crippen molar-refractivity contribution in [1.82, 2.24) is 0 Å². The molecule has 8 heteroatoms. The second-order valence-corrected chi connectivity index (χ2v) is 5.37. The van der Waals surface area contributed by atoms with Gasteiger partial charge in [0.2, 0.25) is 0 Å². The maximum absolute atomic E-state index is 11.3. The van der Waals surface area contributed by atoms with Gasteiger partial charge in [-0.2, -0.15) is 0 Å². The Balaban J connectivity index is 2.33. The van der Waals surface area contributed by atoms with E-state index < -0.39 is 10.9 Å². The summed E-state index contributed by atoms with van der Waals surface area (Å²) in [4.78, 5) is 21.4. The number of aromatic carboxylic acids is 1. The zero-order valence-corrected chi connectivity index (χ0v) is 12.1. The van der Waals surface area contributed by atoms with Gasteiger partial charge in [0.05, 0.1) is 27.3 Å². The summed E-state index contributed by atoms with van der Waals surface area (Å²) < 4.78 is 5.43. The van der Waals surface area contributed by atoms with E-state index in [1.54, 1.807) is 0 Å². The standard InChI is InChI=1S/C13H15ClN2O5/c1-7-4-8(2-3-21-7)15-12-10(13(17)18)5-9(16(19)20)6-11(12)14/h5-8,15H,2-4H2,1H3,(H,17,18). The lowest BCUT2D eigenvalue weighted by Crippen LogP contribution is -2.33. The van der Waals surface area contributed by atoms with Crippen molar-refractivity contribution in [2.45, 2.75) is 31.9 Å². The molecule has 2 unspecified atom stereocenters. The summed E-state index contributed by atoms with van der Waals surface area (Å²) in [7, 11) is 0. The van der Waals surface area contributed by atoms with Crippen molar-refractivity contribution >= 4 is 28.9 Å². The number of hydrogen-bond acceptors (Lipinski definition) is 5. The molecule has 1 aromatic carbocycles. The monoisotopic (exact) mass is 314 g/mol. The average Bonchev–Trinajstić information content (AvgIpc) is 2.40. The van der Waals surface area contributed by atoms with Crippen LogP contribution in [0, 0.1) is 10.1 Å². The number of benzene rings is 1. The van der Waals surface area contributed by atoms with Gasteiger partial charge in [-0.1, -0.05) is 11.6 Å². The number of carboxylic acids is 1. The van der Waals surface area contributed by atoms with Crippen molar-refractivity contribution in [2.24, 2.45) is 0 Å². The van der Waals surface area contributed by atoms with Gasteiger partial charge in [-0.15, -0.1) is 0 Å². The smallest absolute Gasteiger partial charge is 0.338 e. The van der Waals surface area contributed by atoms with Gasteiger partial charge in [0.15, 0.2) is 0 Å². The Hall–Kier alpha value is -1.86. The maximum Gasteiger partial charge on any atom is 0.338 e. The molecule has 1 aromatic rings. The largest absolute Gasteiger partial charge is 0.478 e. The van der Waals surface area contributed by atoms with Gasteiger partial charge < -0.3 is 15.2 Å². The lowest BCUT2D eigenvalue weighted by Gasteiger charge is -2.29. The molecule has 1 heterocycles. The predicted octanol–water partition coefficient (Wildman–Crippen LogP) is 2.93. The van der Waals surface area contributed by atoms with Crippen LogP contribution >= 0.6 is 11.6 Å². The number of non-ortho nitro benzene ring substituents is 1. The first-order chi connectivity index (χ1) is 9.88. The highest BCUT2D eigenvalue weighted by Crippen LogP contribution is 2.33. The summed E-state index contributed by atoms with van der Waals surface area (Å²) in [5, 5.41) is 23.1. The molecule has 0 radical (unpaired) electrons. The Morgan fingerprint density at radius 2 is 2.29 bits per heavy atom. The second-order valence-electron chi connectivity index (χ2n) is 4.96. The Bertz CT molecular complexity index is 578. The molecule has 1 fully saturated rings. The van der Waals surface area contributed by atoms with E-state index in [0.29, 0.717) is 13.0 Å². The molecule has 114 valence electrons. The van der Waals surface area contributed by atoms with E-state index in [2.05, 4.69) is 5.32 Å². The van der Waals surface area contributed by atoms with E-state index in [1.807, 2.05) is 6.92 Å². The first kappa shape index (κ1) is 15.5. The molecule has 0 aromatic heterocycles. The van der Waals surface area contributed by atoms with E-state index in [9.17, 15) is 20.0 Å². The van der Waals surface area contributed by atoms with Crippen molar-refractivity contribution < 1.29 is 19.6 Å². The Morgan fingerprint density at radius 3 is 2.86 bits per heavy atom. The predicted molar refractivity (Wildman–Crippen MR) is 77.1 cm³/mol. The average molecular weight is 315 g/mol. The fraction of sp³-hybridized carbons (Fsp3) is 0.462. The quantitative estimate of drug-likeness (QED) is 0.654. The summed E-state index contributed by atoms with van der Waals surface area (Å²) in [6, 6.07) is 2.18. The van der Waals surface area contributed by atoms with Crippen LogP contribution in [0.2, 0.25) is 5.02 Å². The highest BCUT2D eigenvalue weighted by molar-refractivity contribution is 6.34. The number of carboxylic acid groups (broad SMARTS) is 1. The van der Waals surface area contributed by atoms with E-state index >= 15 is 0 Å². The molecule has 0 saturated carbocycles. The highest BCUT2D eigenvalue weighted by Gasteiger charge is 2.24. The van der Waals surface area contributed by atoms with Crippen LogP contribution in [-0.2, 0) is 4.74 Å². The molecule has 0 aliphatic carbocycles. The first-order valence-corrected chi connectivity index (χ1v) is 6.85. The van der Waals surface area contributed by atoms with Gasteiger partial charge in [0.25, 0.3) is 5.69 Å². The number of carbonyl (C=O) groups is 1. The number of halogens is 1. The summed E-state index contributed by atoms with van der Waals surface area (Å²) in [6.07, 6.45) is 1.50. The maximum atomic E-state index is 11.3. The third-order valence-electron chi connectivity index (χ3n) is 3.35. The van der Waals surface area contributed by atoms with Crippen LogP contribution in [0.15, 0.2) is 12.1 Å². The second kappa shape index (κ2) is 6.28. The van der Waals surface area contributed by atoms with Crippen LogP contribution < -0.4 is 5.32 Å². The lowest BCUT2D eigenvalue weighted by molar-refractivity contribution is -0.384. The number of nitro benzene ring substituents is 1. The molecule has 2 rings (SSSR count). The summed E-state index contributed by atoms with van der Waals surface area (Å²) in [5.74, 6) is -1.26. The molecule has 1 aliphatic rings. The van der Waals surface area contributed by atoms with Crippen molar-refractivity contribution in [3.8, 4) is 0 Å². The molecule has 0 spiro atoms. The van der Waals surface area contributed by atoms with Gasteiger partial charge in [-0.3, -0.25) is 10.1 Å². The van der Waals surface area contributed by atoms with Crippen LogP contribution in [0.1, 0.15) is 30.1 Å². The van der Waals surface area contributed by atoms with Crippen molar-refractivity contribution in [3.63, 3.8) is 0 Å². The number of rotatable bonds is 4. The Kier molecular flexibility index (Phi) is 4.64. The van der Waals surface area contributed by atoms with E-state index in [0.717, 1.165) is 18.6 Å². The van der Waals surface area contributed by atoms with E-state index in [-0.39, 0.29) is 34.1 Å². The van der Waals surface area contributed by atoms with Gasteiger partial charge >= 0.3 is 5.97 Å². The van der Waals surface area contributed by atoms with Gasteiger partial charge in [0.1, 0.15) is 0 Å². The Labute approximate surface area is 126 Å². The highest BCUT2D eigenvalue weighted by atomic mass is 35.5. The van der Waals surface area contributed by atoms with Crippen LogP contribution in [0.3, 0.4) is 0 Å². The minimum atomic E-state index is -1.26. The number of hydrogen-bond donors (Lipinski definition) is 2.